The molecule has 158 valence electrons. The Kier molecular flexibility index (Phi) is 6.68. The van der Waals surface area contributed by atoms with Crippen molar-refractivity contribution in [3.8, 4) is 0 Å². The molecule has 0 saturated carbocycles. The summed E-state index contributed by atoms with van der Waals surface area (Å²) in [6.45, 7) is -0.237. The summed E-state index contributed by atoms with van der Waals surface area (Å²) >= 11 is 5.74. The highest BCUT2D eigenvalue weighted by Gasteiger charge is 2.46. The molecule has 0 aromatic heterocycles. The van der Waals surface area contributed by atoms with Gasteiger partial charge in [-0.1, -0.05) is 28.9 Å². The average molecular weight is 461 g/mol. The van der Waals surface area contributed by atoms with E-state index in [1.54, 1.807) is 0 Å². The summed E-state index contributed by atoms with van der Waals surface area (Å²) in [5.41, 5.74) is -6.60. The van der Waals surface area contributed by atoms with Gasteiger partial charge in [-0.3, -0.25) is 4.72 Å². The van der Waals surface area contributed by atoms with E-state index in [0.29, 0.717) is 5.56 Å². The number of halogens is 7. The number of oxime groups is 1. The van der Waals surface area contributed by atoms with Gasteiger partial charge in [0.1, 0.15) is 6.61 Å². The Morgan fingerprint density at radius 2 is 1.66 bits per heavy atom. The molecule has 1 N–H and O–H groups in total. The van der Waals surface area contributed by atoms with Crippen molar-refractivity contribution in [1.82, 2.24) is 0 Å². The fourth-order valence-electron chi connectivity index (χ4n) is 1.93. The molecule has 0 aliphatic rings. The molecule has 0 radical (unpaired) electrons. The first-order chi connectivity index (χ1) is 13.3. The molecule has 0 fully saturated rings. The van der Waals surface area contributed by atoms with Crippen molar-refractivity contribution < 1.29 is 39.6 Å². The van der Waals surface area contributed by atoms with Crippen LogP contribution in [0.4, 0.5) is 32.0 Å². The van der Waals surface area contributed by atoms with Crippen molar-refractivity contribution in [3.05, 3.63) is 64.2 Å². The largest absolute Gasteiger partial charge is 0.516 e. The Morgan fingerprint density at radius 3 is 2.21 bits per heavy atom. The van der Waals surface area contributed by atoms with Crippen LogP contribution in [0, 0.1) is 0 Å². The van der Waals surface area contributed by atoms with Crippen molar-refractivity contribution in [1.29, 1.82) is 0 Å². The van der Waals surface area contributed by atoms with Crippen LogP contribution in [-0.2, 0) is 27.6 Å². The van der Waals surface area contributed by atoms with Crippen LogP contribution in [0.2, 0.25) is 5.02 Å². The average Bonchev–Trinajstić information content (AvgIpc) is 2.59. The molecular formula is C16H11ClF6N2O3S. The number of nitrogens with one attached hydrogen (secondary N) is 1. The highest BCUT2D eigenvalue weighted by Crippen LogP contribution is 2.29. The van der Waals surface area contributed by atoms with Gasteiger partial charge in [0.2, 0.25) is 0 Å². The summed E-state index contributed by atoms with van der Waals surface area (Å²) in [6.07, 6.45) is -3.57. The van der Waals surface area contributed by atoms with Crippen molar-refractivity contribution in [2.45, 2.75) is 18.3 Å². The maximum absolute atomic E-state index is 12.5. The first kappa shape index (κ1) is 22.8. The number of alkyl halides is 6. The van der Waals surface area contributed by atoms with Crippen LogP contribution in [0.5, 0.6) is 0 Å². The van der Waals surface area contributed by atoms with Gasteiger partial charge < -0.3 is 4.84 Å². The van der Waals surface area contributed by atoms with E-state index < -0.39 is 33.0 Å². The zero-order valence-electron chi connectivity index (χ0n) is 14.1. The standard InChI is InChI=1S/C16H11ClF6N2O3S/c17-13-5-6-14(25-29(26,27)16(21,22)23)11(7-13)8-24-28-9-10-1-3-12(4-2-10)15(18,19)20/h1-8,25H,9H2/b24-8+. The van der Waals surface area contributed by atoms with Gasteiger partial charge in [-0.15, -0.1) is 0 Å². The maximum Gasteiger partial charge on any atom is 0.516 e. The minimum atomic E-state index is -5.66. The molecule has 13 heteroatoms. The van der Waals surface area contributed by atoms with Crippen molar-refractivity contribution in [2.24, 2.45) is 5.16 Å². The molecular weight excluding hydrogens is 450 g/mol. The van der Waals surface area contributed by atoms with Crippen molar-refractivity contribution >= 4 is 33.5 Å². The van der Waals surface area contributed by atoms with E-state index in [-0.39, 0.29) is 17.2 Å². The third-order valence-electron chi connectivity index (χ3n) is 3.34. The van der Waals surface area contributed by atoms with Crippen LogP contribution in [0.15, 0.2) is 47.6 Å². The molecule has 0 saturated heterocycles. The van der Waals surface area contributed by atoms with Crippen LogP contribution in [0.1, 0.15) is 16.7 Å². The Hall–Kier alpha value is -2.47. The van der Waals surface area contributed by atoms with E-state index >= 15 is 0 Å². The lowest BCUT2D eigenvalue weighted by Crippen LogP contribution is -2.30. The number of hydrogen-bond donors (Lipinski definition) is 1. The van der Waals surface area contributed by atoms with Gasteiger partial charge in [-0.25, -0.2) is 0 Å². The number of anilines is 1. The monoisotopic (exact) mass is 460 g/mol. The molecule has 2 aromatic rings. The number of sulfonamides is 1. The summed E-state index contributed by atoms with van der Waals surface area (Å²) in [5.74, 6) is 0. The lowest BCUT2D eigenvalue weighted by atomic mass is 10.1. The van der Waals surface area contributed by atoms with Gasteiger partial charge in [-0.05, 0) is 35.9 Å². The Balaban J connectivity index is 2.10. The fraction of sp³-hybridized carbons (Fsp3) is 0.188. The van der Waals surface area contributed by atoms with Crippen LogP contribution >= 0.6 is 11.6 Å². The summed E-state index contributed by atoms with van der Waals surface area (Å²) in [6, 6.07) is 7.34. The third kappa shape index (κ3) is 6.26. The molecule has 2 rings (SSSR count). The van der Waals surface area contributed by atoms with Crippen LogP contribution in [0.25, 0.3) is 0 Å². The van der Waals surface area contributed by atoms with Gasteiger partial charge in [-0.2, -0.15) is 34.8 Å². The van der Waals surface area contributed by atoms with Crippen LogP contribution in [0.3, 0.4) is 0 Å². The lowest BCUT2D eigenvalue weighted by molar-refractivity contribution is -0.137. The normalized spacial score (nSPS) is 12.9. The zero-order chi connectivity index (χ0) is 21.9. The number of nitrogens with zero attached hydrogens (tertiary/aromatic N) is 1. The number of rotatable bonds is 6. The topological polar surface area (TPSA) is 67.8 Å². The molecule has 0 heterocycles. The van der Waals surface area contributed by atoms with Crippen LogP contribution in [-0.4, -0.2) is 20.1 Å². The second kappa shape index (κ2) is 8.49. The SMILES string of the molecule is O=S(=O)(Nc1ccc(Cl)cc1/C=N/OCc1ccc(C(F)(F)F)cc1)C(F)(F)F. The first-order valence-electron chi connectivity index (χ1n) is 7.50. The van der Waals surface area contributed by atoms with Gasteiger partial charge >= 0.3 is 21.7 Å². The van der Waals surface area contributed by atoms with E-state index in [2.05, 4.69) is 5.16 Å². The van der Waals surface area contributed by atoms with Gasteiger partial charge in [0.25, 0.3) is 0 Å². The molecule has 0 aliphatic heterocycles. The van der Waals surface area contributed by atoms with Crippen molar-refractivity contribution in [3.63, 3.8) is 0 Å². The predicted octanol–water partition coefficient (Wildman–Crippen LogP) is 5.17. The van der Waals surface area contributed by atoms with Gasteiger partial charge in [0.05, 0.1) is 17.5 Å². The first-order valence-corrected chi connectivity index (χ1v) is 9.36. The quantitative estimate of drug-likeness (QED) is 0.367. The number of benzene rings is 2. The molecule has 0 unspecified atom stereocenters. The highest BCUT2D eigenvalue weighted by molar-refractivity contribution is 7.93. The van der Waals surface area contributed by atoms with Gasteiger partial charge in [0, 0.05) is 10.6 Å². The van der Waals surface area contributed by atoms with E-state index in [4.69, 9.17) is 16.4 Å². The molecule has 2 aromatic carbocycles. The molecule has 0 spiro atoms. The highest BCUT2D eigenvalue weighted by atomic mass is 35.5. The van der Waals surface area contributed by atoms with E-state index in [1.165, 1.54) is 16.9 Å². The zero-order valence-corrected chi connectivity index (χ0v) is 15.6. The molecule has 0 aliphatic carbocycles. The Labute approximate surface area is 166 Å². The Morgan fingerprint density at radius 1 is 1.03 bits per heavy atom. The Bertz CT molecular complexity index is 989. The van der Waals surface area contributed by atoms with Crippen molar-refractivity contribution in [2.75, 3.05) is 4.72 Å². The lowest BCUT2D eigenvalue weighted by Gasteiger charge is -2.12. The summed E-state index contributed by atoms with van der Waals surface area (Å²) in [5, 5.41) is 3.57. The molecule has 5 nitrogen and oxygen atoms in total. The maximum atomic E-state index is 12.5. The fourth-order valence-corrected chi connectivity index (χ4v) is 2.70. The van der Waals surface area contributed by atoms with Crippen LogP contribution < -0.4 is 4.72 Å². The van der Waals surface area contributed by atoms with Gasteiger partial charge in [0.15, 0.2) is 0 Å². The van der Waals surface area contributed by atoms with E-state index in [9.17, 15) is 34.8 Å². The summed E-state index contributed by atoms with van der Waals surface area (Å²) in [4.78, 5) is 4.89. The minimum Gasteiger partial charge on any atom is -0.391 e. The predicted molar refractivity (Wildman–Crippen MR) is 93.9 cm³/mol. The van der Waals surface area contributed by atoms with E-state index in [1.807, 2.05) is 0 Å². The molecule has 29 heavy (non-hydrogen) atoms. The molecule has 0 bridgehead atoms. The number of hydrogen-bond acceptors (Lipinski definition) is 4. The van der Waals surface area contributed by atoms with E-state index in [0.717, 1.165) is 36.5 Å². The molecule has 0 atom stereocenters. The second-order valence-corrected chi connectivity index (χ2v) is 7.60. The third-order valence-corrected chi connectivity index (χ3v) is 4.67. The summed E-state index contributed by atoms with van der Waals surface area (Å²) in [7, 11) is -5.66. The molecule has 0 amide bonds. The summed E-state index contributed by atoms with van der Waals surface area (Å²) < 4.78 is 98.9. The smallest absolute Gasteiger partial charge is 0.391 e. The second-order valence-electron chi connectivity index (χ2n) is 5.49. The minimum absolute atomic E-state index is 0.0872.